The van der Waals surface area contributed by atoms with E-state index < -0.39 is 11.4 Å². The summed E-state index contributed by atoms with van der Waals surface area (Å²) in [6, 6.07) is 5.59. The average Bonchev–Trinajstić information content (AvgIpc) is 3.11. The van der Waals surface area contributed by atoms with Crippen LogP contribution >= 0.6 is 0 Å². The van der Waals surface area contributed by atoms with Crippen LogP contribution in [-0.4, -0.2) is 51.0 Å². The van der Waals surface area contributed by atoms with Gasteiger partial charge in [-0.05, 0) is 30.5 Å². The molecule has 0 saturated heterocycles. The van der Waals surface area contributed by atoms with E-state index in [9.17, 15) is 9.59 Å². The lowest BCUT2D eigenvalue weighted by atomic mass is 9.78. The molecule has 0 atom stereocenters. The quantitative estimate of drug-likeness (QED) is 0.658. The van der Waals surface area contributed by atoms with Gasteiger partial charge in [0.05, 0.1) is 26.2 Å². The Morgan fingerprint density at radius 3 is 2.44 bits per heavy atom. The maximum absolute atomic E-state index is 12.9. The summed E-state index contributed by atoms with van der Waals surface area (Å²) in [5.74, 6) is 0.144. The lowest BCUT2D eigenvalue weighted by Gasteiger charge is -2.29. The second kappa shape index (κ2) is 8.71. The molecule has 7 heteroatoms. The van der Waals surface area contributed by atoms with Gasteiger partial charge in [0.2, 0.25) is 5.91 Å². The summed E-state index contributed by atoms with van der Waals surface area (Å²) in [6.07, 6.45) is 3.50. The van der Waals surface area contributed by atoms with Crippen molar-refractivity contribution in [3.05, 3.63) is 23.8 Å². The van der Waals surface area contributed by atoms with Crippen LogP contribution < -0.4 is 14.8 Å². The molecule has 7 nitrogen and oxygen atoms in total. The molecular weight excluding hydrogens is 326 g/mol. The van der Waals surface area contributed by atoms with Crippen LogP contribution in [0.5, 0.6) is 11.5 Å². The fraction of sp³-hybridized carbons (Fsp3) is 0.556. The highest BCUT2D eigenvalue weighted by atomic mass is 16.5. The van der Waals surface area contributed by atoms with Crippen molar-refractivity contribution in [3.63, 3.8) is 0 Å². The van der Waals surface area contributed by atoms with Gasteiger partial charge in [0.25, 0.3) is 0 Å². The molecule has 1 saturated carbocycles. The van der Waals surface area contributed by atoms with E-state index in [2.05, 4.69) is 5.32 Å². The van der Waals surface area contributed by atoms with Gasteiger partial charge in [-0.25, -0.2) is 4.79 Å². The predicted molar refractivity (Wildman–Crippen MR) is 91.2 cm³/mol. The molecule has 1 aromatic carbocycles. The predicted octanol–water partition coefficient (Wildman–Crippen LogP) is 1.73. The van der Waals surface area contributed by atoms with Crippen molar-refractivity contribution < 1.29 is 28.9 Å². The molecule has 138 valence electrons. The maximum Gasteiger partial charge on any atom is 0.329 e. The Labute approximate surface area is 147 Å². The first-order chi connectivity index (χ1) is 12.0. The van der Waals surface area contributed by atoms with E-state index in [0.29, 0.717) is 11.5 Å². The van der Waals surface area contributed by atoms with Crippen molar-refractivity contribution in [3.8, 4) is 11.5 Å². The average molecular weight is 351 g/mol. The van der Waals surface area contributed by atoms with Crippen LogP contribution in [0.25, 0.3) is 0 Å². The topological polar surface area (TPSA) is 94.1 Å². The number of ether oxygens (including phenoxy) is 3. The summed E-state index contributed by atoms with van der Waals surface area (Å²) < 4.78 is 15.6. The van der Waals surface area contributed by atoms with E-state index in [-0.39, 0.29) is 25.7 Å². The van der Waals surface area contributed by atoms with Crippen molar-refractivity contribution in [1.82, 2.24) is 5.32 Å². The van der Waals surface area contributed by atoms with Gasteiger partial charge in [-0.1, -0.05) is 18.9 Å². The summed E-state index contributed by atoms with van der Waals surface area (Å²) in [7, 11) is 3.15. The van der Waals surface area contributed by atoms with E-state index >= 15 is 0 Å². The van der Waals surface area contributed by atoms with Gasteiger partial charge in [0.1, 0.15) is 6.61 Å². The minimum absolute atomic E-state index is 0.0591. The number of carboxylic acid groups (broad SMARTS) is 1. The molecule has 1 aliphatic rings. The molecule has 1 aromatic rings. The number of carbonyl (C=O) groups excluding carboxylic acids is 1. The standard InChI is InChI=1S/C18H25NO6/c1-23-14-6-5-13(11-15(14)24-2)18(7-3-4-8-18)17(22)19-9-10-25-12-16(20)21/h5-6,11H,3-4,7-10,12H2,1-2H3,(H,19,22)(H,20,21). The number of nitrogens with one attached hydrogen (secondary N) is 1. The second-order valence-electron chi connectivity index (χ2n) is 6.06. The van der Waals surface area contributed by atoms with E-state index in [1.54, 1.807) is 14.2 Å². The molecule has 2 N–H and O–H groups in total. The van der Waals surface area contributed by atoms with Crippen LogP contribution in [0.4, 0.5) is 0 Å². The van der Waals surface area contributed by atoms with E-state index in [0.717, 1.165) is 31.2 Å². The van der Waals surface area contributed by atoms with Gasteiger partial charge in [0, 0.05) is 6.54 Å². The molecule has 0 aromatic heterocycles. The van der Waals surface area contributed by atoms with Crippen LogP contribution in [0.15, 0.2) is 18.2 Å². The smallest absolute Gasteiger partial charge is 0.329 e. The first-order valence-electron chi connectivity index (χ1n) is 8.34. The summed E-state index contributed by atoms with van der Waals surface area (Å²) in [4.78, 5) is 23.3. The molecule has 0 bridgehead atoms. The van der Waals surface area contributed by atoms with E-state index in [4.69, 9.17) is 19.3 Å². The minimum atomic E-state index is -1.02. The third kappa shape index (κ3) is 4.42. The number of hydrogen-bond acceptors (Lipinski definition) is 5. The molecule has 25 heavy (non-hydrogen) atoms. The number of carbonyl (C=O) groups is 2. The Morgan fingerprint density at radius 2 is 1.84 bits per heavy atom. The minimum Gasteiger partial charge on any atom is -0.493 e. The van der Waals surface area contributed by atoms with Crippen LogP contribution in [0.1, 0.15) is 31.2 Å². The molecule has 1 aliphatic carbocycles. The number of hydrogen-bond donors (Lipinski definition) is 2. The van der Waals surface area contributed by atoms with Crippen LogP contribution in [-0.2, 0) is 19.7 Å². The lowest BCUT2D eigenvalue weighted by Crippen LogP contribution is -2.43. The van der Waals surface area contributed by atoms with Crippen LogP contribution in [0.2, 0.25) is 0 Å². The summed E-state index contributed by atoms with van der Waals surface area (Å²) in [5, 5.41) is 11.4. The van der Waals surface area contributed by atoms with Crippen LogP contribution in [0, 0.1) is 0 Å². The highest BCUT2D eigenvalue weighted by molar-refractivity contribution is 5.88. The first kappa shape index (κ1) is 19.1. The van der Waals surface area contributed by atoms with Gasteiger partial charge in [-0.15, -0.1) is 0 Å². The molecule has 0 aliphatic heterocycles. The van der Waals surface area contributed by atoms with Gasteiger partial charge >= 0.3 is 5.97 Å². The Morgan fingerprint density at radius 1 is 1.16 bits per heavy atom. The van der Waals surface area contributed by atoms with E-state index in [1.165, 1.54) is 0 Å². The summed E-state index contributed by atoms with van der Waals surface area (Å²) in [5.41, 5.74) is 0.318. The lowest BCUT2D eigenvalue weighted by molar-refractivity contribution is -0.142. The van der Waals surface area contributed by atoms with Crippen molar-refractivity contribution in [2.45, 2.75) is 31.1 Å². The Kier molecular flexibility index (Phi) is 6.64. The third-order valence-corrected chi connectivity index (χ3v) is 4.59. The molecule has 2 rings (SSSR count). The van der Waals surface area contributed by atoms with Crippen molar-refractivity contribution in [2.75, 3.05) is 34.0 Å². The Hall–Kier alpha value is -2.28. The van der Waals surface area contributed by atoms with Gasteiger partial charge < -0.3 is 24.6 Å². The molecule has 1 amide bonds. The summed E-state index contributed by atoms with van der Waals surface area (Å²) >= 11 is 0. The van der Waals surface area contributed by atoms with Gasteiger partial charge in [-0.3, -0.25) is 4.79 Å². The number of methoxy groups -OCH3 is 2. The van der Waals surface area contributed by atoms with Crippen molar-refractivity contribution in [2.24, 2.45) is 0 Å². The molecular formula is C18H25NO6. The first-order valence-corrected chi connectivity index (χ1v) is 8.34. The van der Waals surface area contributed by atoms with Crippen LogP contribution in [0.3, 0.4) is 0 Å². The largest absolute Gasteiger partial charge is 0.493 e. The highest BCUT2D eigenvalue weighted by Crippen LogP contribution is 2.43. The number of benzene rings is 1. The number of aliphatic carboxylic acids is 1. The van der Waals surface area contributed by atoms with Gasteiger partial charge in [-0.2, -0.15) is 0 Å². The molecule has 0 radical (unpaired) electrons. The SMILES string of the molecule is COc1ccc(C2(C(=O)NCCOCC(=O)O)CCCC2)cc1OC. The number of carboxylic acids is 1. The monoisotopic (exact) mass is 351 g/mol. The molecule has 0 spiro atoms. The normalized spacial score (nSPS) is 15.6. The van der Waals surface area contributed by atoms with E-state index in [1.807, 2.05) is 18.2 Å². The maximum atomic E-state index is 12.9. The van der Waals surface area contributed by atoms with Crippen molar-refractivity contribution >= 4 is 11.9 Å². The number of rotatable bonds is 9. The van der Waals surface area contributed by atoms with Crippen molar-refractivity contribution in [1.29, 1.82) is 0 Å². The fourth-order valence-corrected chi connectivity index (χ4v) is 3.32. The second-order valence-corrected chi connectivity index (χ2v) is 6.06. The zero-order chi connectivity index (χ0) is 18.3. The Balaban J connectivity index is 2.10. The molecule has 0 unspecified atom stereocenters. The number of amides is 1. The Bertz CT molecular complexity index is 610. The zero-order valence-corrected chi connectivity index (χ0v) is 14.7. The molecule has 1 fully saturated rings. The molecule has 0 heterocycles. The van der Waals surface area contributed by atoms with Gasteiger partial charge in [0.15, 0.2) is 11.5 Å². The third-order valence-electron chi connectivity index (χ3n) is 4.59. The zero-order valence-electron chi connectivity index (χ0n) is 14.7. The fourth-order valence-electron chi connectivity index (χ4n) is 3.32. The highest BCUT2D eigenvalue weighted by Gasteiger charge is 2.42. The summed E-state index contributed by atoms with van der Waals surface area (Å²) in [6.45, 7) is 0.0812.